The van der Waals surface area contributed by atoms with Crippen molar-refractivity contribution in [2.24, 2.45) is 5.10 Å². The normalized spacial score (nSPS) is 13.7. The molecular formula is C14H12ClN3. The first-order valence-electron chi connectivity index (χ1n) is 5.74. The van der Waals surface area contributed by atoms with E-state index in [0.717, 1.165) is 27.5 Å². The highest BCUT2D eigenvalue weighted by atomic mass is 35.5. The summed E-state index contributed by atoms with van der Waals surface area (Å²) in [6.07, 6.45) is 0. The largest absolute Gasteiger partial charge is 0.366 e. The van der Waals surface area contributed by atoms with E-state index in [1.807, 2.05) is 42.5 Å². The number of hydrazone groups is 1. The first kappa shape index (κ1) is 11.1. The van der Waals surface area contributed by atoms with Crippen LogP contribution in [0.4, 0.5) is 5.69 Å². The summed E-state index contributed by atoms with van der Waals surface area (Å²) < 4.78 is 0. The van der Waals surface area contributed by atoms with Crippen molar-refractivity contribution in [2.45, 2.75) is 0 Å². The van der Waals surface area contributed by atoms with Crippen LogP contribution in [-0.4, -0.2) is 12.4 Å². The van der Waals surface area contributed by atoms with E-state index in [2.05, 4.69) is 21.9 Å². The molecule has 18 heavy (non-hydrogen) atoms. The number of nitrogens with zero attached hydrogens (tertiary/aromatic N) is 1. The molecule has 4 heteroatoms. The average Bonchev–Trinajstić information content (AvgIpc) is 2.62. The van der Waals surface area contributed by atoms with Gasteiger partial charge >= 0.3 is 0 Å². The summed E-state index contributed by atoms with van der Waals surface area (Å²) in [6, 6.07) is 15.8. The quantitative estimate of drug-likeness (QED) is 0.824. The van der Waals surface area contributed by atoms with E-state index in [0.29, 0.717) is 6.67 Å². The van der Waals surface area contributed by atoms with Crippen molar-refractivity contribution in [1.29, 1.82) is 0 Å². The highest BCUT2D eigenvalue weighted by molar-refractivity contribution is 6.30. The van der Waals surface area contributed by atoms with Gasteiger partial charge in [-0.15, -0.1) is 0 Å². The van der Waals surface area contributed by atoms with Gasteiger partial charge in [0, 0.05) is 21.8 Å². The lowest BCUT2D eigenvalue weighted by Crippen LogP contribution is -2.14. The Hall–Kier alpha value is -2.00. The molecule has 90 valence electrons. The smallest absolute Gasteiger partial charge is 0.101 e. The number of rotatable bonds is 1. The second-order valence-electron chi connectivity index (χ2n) is 4.02. The van der Waals surface area contributed by atoms with Gasteiger partial charge in [-0.1, -0.05) is 41.9 Å². The molecule has 3 rings (SSSR count). The molecule has 0 saturated carbocycles. The molecule has 2 aromatic rings. The van der Waals surface area contributed by atoms with Crippen LogP contribution in [0.1, 0.15) is 11.1 Å². The van der Waals surface area contributed by atoms with Crippen LogP contribution < -0.4 is 10.7 Å². The van der Waals surface area contributed by atoms with E-state index in [-0.39, 0.29) is 0 Å². The third-order valence-corrected chi connectivity index (χ3v) is 3.10. The summed E-state index contributed by atoms with van der Waals surface area (Å²) in [5.74, 6) is 0. The molecule has 2 N–H and O–H groups in total. The minimum Gasteiger partial charge on any atom is -0.366 e. The molecular weight excluding hydrogens is 246 g/mol. The van der Waals surface area contributed by atoms with E-state index < -0.39 is 0 Å². The number of anilines is 1. The van der Waals surface area contributed by atoms with Gasteiger partial charge in [-0.2, -0.15) is 5.10 Å². The van der Waals surface area contributed by atoms with Gasteiger partial charge in [0.05, 0.1) is 5.71 Å². The maximum absolute atomic E-state index is 5.92. The molecule has 0 bridgehead atoms. The van der Waals surface area contributed by atoms with Crippen LogP contribution in [0, 0.1) is 0 Å². The molecule has 2 aromatic carbocycles. The molecule has 0 spiro atoms. The lowest BCUT2D eigenvalue weighted by molar-refractivity contribution is 0.799. The van der Waals surface area contributed by atoms with Crippen molar-refractivity contribution in [3.05, 3.63) is 64.7 Å². The van der Waals surface area contributed by atoms with Gasteiger partial charge in [-0.05, 0) is 18.2 Å². The molecule has 0 aliphatic carbocycles. The average molecular weight is 258 g/mol. The van der Waals surface area contributed by atoms with Gasteiger partial charge in [0.1, 0.15) is 6.67 Å². The third kappa shape index (κ3) is 2.05. The third-order valence-electron chi connectivity index (χ3n) is 2.85. The number of nitrogens with one attached hydrogen (secondary N) is 2. The van der Waals surface area contributed by atoms with Crippen LogP contribution >= 0.6 is 11.6 Å². The summed E-state index contributed by atoms with van der Waals surface area (Å²) in [5.41, 5.74) is 7.14. The predicted molar refractivity (Wildman–Crippen MR) is 75.2 cm³/mol. The van der Waals surface area contributed by atoms with Gasteiger partial charge in [0.25, 0.3) is 0 Å². The maximum Gasteiger partial charge on any atom is 0.101 e. The van der Waals surface area contributed by atoms with Crippen LogP contribution in [0.15, 0.2) is 53.6 Å². The van der Waals surface area contributed by atoms with Crippen molar-refractivity contribution >= 4 is 23.0 Å². The van der Waals surface area contributed by atoms with Crippen LogP contribution in [0.5, 0.6) is 0 Å². The van der Waals surface area contributed by atoms with E-state index in [1.54, 1.807) is 0 Å². The highest BCUT2D eigenvalue weighted by Gasteiger charge is 2.13. The van der Waals surface area contributed by atoms with Crippen LogP contribution in [0.3, 0.4) is 0 Å². The standard InChI is InChI=1S/C14H12ClN3/c15-11-7-5-10(6-8-11)14-12-3-1-2-4-13(12)16-9-17-18-14/h1-8,16-17H,9H2. The van der Waals surface area contributed by atoms with Crippen LogP contribution in [-0.2, 0) is 0 Å². The van der Waals surface area contributed by atoms with Gasteiger partial charge in [-0.3, -0.25) is 5.43 Å². The minimum atomic E-state index is 0.619. The van der Waals surface area contributed by atoms with Crippen molar-refractivity contribution in [3.8, 4) is 0 Å². The number of hydrogen-bond acceptors (Lipinski definition) is 3. The summed E-state index contributed by atoms with van der Waals surface area (Å²) >= 11 is 5.92. The molecule has 0 saturated heterocycles. The number of fused-ring (bicyclic) bond motifs is 1. The summed E-state index contributed by atoms with van der Waals surface area (Å²) in [6.45, 7) is 0.619. The Bertz CT molecular complexity index is 590. The summed E-state index contributed by atoms with van der Waals surface area (Å²) in [4.78, 5) is 0. The predicted octanol–water partition coefficient (Wildman–Crippen LogP) is 3.07. The Balaban J connectivity index is 2.11. The Kier molecular flexibility index (Phi) is 2.90. The molecule has 0 unspecified atom stereocenters. The van der Waals surface area contributed by atoms with E-state index >= 15 is 0 Å². The topological polar surface area (TPSA) is 36.4 Å². The lowest BCUT2D eigenvalue weighted by Gasteiger charge is -2.09. The van der Waals surface area contributed by atoms with Crippen molar-refractivity contribution in [2.75, 3.05) is 12.0 Å². The second kappa shape index (κ2) is 4.70. The zero-order valence-electron chi connectivity index (χ0n) is 9.65. The van der Waals surface area contributed by atoms with E-state index in [9.17, 15) is 0 Å². The molecule has 0 amide bonds. The fraction of sp³-hybridized carbons (Fsp3) is 0.0714. The highest BCUT2D eigenvalue weighted by Crippen LogP contribution is 2.22. The van der Waals surface area contributed by atoms with Gasteiger partial charge < -0.3 is 5.32 Å². The molecule has 1 aliphatic rings. The first-order chi connectivity index (χ1) is 8.84. The van der Waals surface area contributed by atoms with Gasteiger partial charge in [-0.25, -0.2) is 0 Å². The van der Waals surface area contributed by atoms with Crippen LogP contribution in [0.2, 0.25) is 5.02 Å². The lowest BCUT2D eigenvalue weighted by atomic mass is 10.0. The first-order valence-corrected chi connectivity index (χ1v) is 6.12. The molecule has 0 atom stereocenters. The van der Waals surface area contributed by atoms with Crippen molar-refractivity contribution in [3.63, 3.8) is 0 Å². The summed E-state index contributed by atoms with van der Waals surface area (Å²) in [5, 5.41) is 8.44. The molecule has 0 aromatic heterocycles. The molecule has 3 nitrogen and oxygen atoms in total. The zero-order chi connectivity index (χ0) is 12.4. The Morgan fingerprint density at radius 1 is 1.00 bits per heavy atom. The van der Waals surface area contributed by atoms with Crippen molar-refractivity contribution < 1.29 is 0 Å². The Labute approximate surface area is 110 Å². The number of halogens is 1. The summed E-state index contributed by atoms with van der Waals surface area (Å²) in [7, 11) is 0. The Morgan fingerprint density at radius 2 is 1.78 bits per heavy atom. The Morgan fingerprint density at radius 3 is 2.61 bits per heavy atom. The van der Waals surface area contributed by atoms with Gasteiger partial charge in [0.2, 0.25) is 0 Å². The maximum atomic E-state index is 5.92. The molecule has 1 aliphatic heterocycles. The zero-order valence-corrected chi connectivity index (χ0v) is 10.4. The number of hydrogen-bond donors (Lipinski definition) is 2. The van der Waals surface area contributed by atoms with E-state index in [4.69, 9.17) is 11.6 Å². The second-order valence-corrected chi connectivity index (χ2v) is 4.46. The SMILES string of the molecule is Clc1ccc(C2=NNCNc3ccccc32)cc1. The monoisotopic (exact) mass is 257 g/mol. The van der Waals surface area contributed by atoms with Gasteiger partial charge in [0.15, 0.2) is 0 Å². The van der Waals surface area contributed by atoms with E-state index in [1.165, 1.54) is 0 Å². The van der Waals surface area contributed by atoms with Crippen molar-refractivity contribution in [1.82, 2.24) is 5.43 Å². The van der Waals surface area contributed by atoms with Crippen LogP contribution in [0.25, 0.3) is 0 Å². The fourth-order valence-electron chi connectivity index (χ4n) is 1.99. The minimum absolute atomic E-state index is 0.619. The fourth-order valence-corrected chi connectivity index (χ4v) is 2.11. The molecule has 1 heterocycles. The molecule has 0 radical (unpaired) electrons. The number of para-hydroxylation sites is 1. The number of benzene rings is 2. The molecule has 0 fully saturated rings.